The largest absolute Gasteiger partial charge is 0.486 e. The van der Waals surface area contributed by atoms with Gasteiger partial charge in [-0.25, -0.2) is 9.78 Å². The first kappa shape index (κ1) is 19.7. The molecule has 32 heavy (non-hydrogen) atoms. The number of methoxy groups -OCH3 is 1. The minimum atomic E-state index is -0.409. The Labute approximate surface area is 183 Å². The van der Waals surface area contributed by atoms with Crippen LogP contribution < -0.4 is 18.9 Å². The van der Waals surface area contributed by atoms with Gasteiger partial charge in [-0.2, -0.15) is 0 Å². The summed E-state index contributed by atoms with van der Waals surface area (Å²) in [7, 11) is 3.27. The van der Waals surface area contributed by atoms with Crippen LogP contribution >= 0.6 is 0 Å². The number of benzene rings is 3. The monoisotopic (exact) mass is 432 g/mol. The van der Waals surface area contributed by atoms with Crippen LogP contribution in [0.2, 0.25) is 0 Å². The lowest BCUT2D eigenvalue weighted by Crippen LogP contribution is -2.05. The Hall–Kier alpha value is -4.20. The second kappa shape index (κ2) is 8.14. The van der Waals surface area contributed by atoms with Gasteiger partial charge in [-0.15, -0.1) is 0 Å². The smallest absolute Gasteiger partial charge is 0.337 e. The third kappa shape index (κ3) is 3.78. The van der Waals surface area contributed by atoms with Crippen LogP contribution in [0.4, 0.5) is 0 Å². The van der Waals surface area contributed by atoms with Gasteiger partial charge in [0, 0.05) is 19.2 Å². The van der Waals surface area contributed by atoms with Crippen LogP contribution in [0, 0.1) is 0 Å². The molecule has 0 aliphatic carbocycles. The van der Waals surface area contributed by atoms with E-state index in [0.717, 1.165) is 16.9 Å². The second-order valence-corrected chi connectivity index (χ2v) is 7.16. The summed E-state index contributed by atoms with van der Waals surface area (Å²) in [5.41, 5.74) is 2.16. The van der Waals surface area contributed by atoms with Gasteiger partial charge in [-0.3, -0.25) is 0 Å². The summed E-state index contributed by atoms with van der Waals surface area (Å²) >= 11 is 0. The summed E-state index contributed by atoms with van der Waals surface area (Å²) in [5.74, 6) is 3.60. The van der Waals surface area contributed by atoms with E-state index in [-0.39, 0.29) is 13.4 Å². The molecular formula is C24H20N2O6. The number of esters is 1. The molecule has 0 bridgehead atoms. The number of hydrogen-bond acceptors (Lipinski definition) is 7. The lowest BCUT2D eigenvalue weighted by molar-refractivity contribution is 0.0600. The molecule has 3 aromatic carbocycles. The fraction of sp³-hybridized carbons (Fsp3) is 0.167. The Morgan fingerprint density at radius 3 is 2.69 bits per heavy atom. The van der Waals surface area contributed by atoms with Crippen molar-refractivity contribution in [2.75, 3.05) is 13.9 Å². The maximum absolute atomic E-state index is 11.7. The Morgan fingerprint density at radius 1 is 1.00 bits per heavy atom. The zero-order valence-electron chi connectivity index (χ0n) is 17.5. The van der Waals surface area contributed by atoms with Crippen LogP contribution in [0.1, 0.15) is 16.2 Å². The molecule has 5 rings (SSSR count). The van der Waals surface area contributed by atoms with Crippen molar-refractivity contribution in [2.45, 2.75) is 6.61 Å². The molecule has 0 N–H and O–H groups in total. The molecule has 2 heterocycles. The van der Waals surface area contributed by atoms with Gasteiger partial charge in [0.2, 0.25) is 6.79 Å². The fourth-order valence-corrected chi connectivity index (χ4v) is 3.47. The Morgan fingerprint density at radius 2 is 1.81 bits per heavy atom. The first-order valence-electron chi connectivity index (χ1n) is 9.95. The molecular weight excluding hydrogens is 412 g/mol. The van der Waals surface area contributed by atoms with E-state index in [1.54, 1.807) is 30.3 Å². The van der Waals surface area contributed by atoms with Crippen LogP contribution in [-0.4, -0.2) is 29.4 Å². The number of fused-ring (bicyclic) bond motifs is 2. The molecule has 1 aromatic heterocycles. The van der Waals surface area contributed by atoms with Crippen LogP contribution in [0.5, 0.6) is 28.7 Å². The van der Waals surface area contributed by atoms with Gasteiger partial charge in [0.25, 0.3) is 0 Å². The van der Waals surface area contributed by atoms with Crippen molar-refractivity contribution in [3.05, 3.63) is 72.1 Å². The third-order valence-electron chi connectivity index (χ3n) is 5.15. The summed E-state index contributed by atoms with van der Waals surface area (Å²) in [6, 6.07) is 18.0. The summed E-state index contributed by atoms with van der Waals surface area (Å²) in [6.07, 6.45) is 0. The van der Waals surface area contributed by atoms with E-state index < -0.39 is 5.97 Å². The van der Waals surface area contributed by atoms with E-state index in [1.165, 1.54) is 7.11 Å². The summed E-state index contributed by atoms with van der Waals surface area (Å²) in [4.78, 5) is 16.4. The van der Waals surface area contributed by atoms with Crippen molar-refractivity contribution in [1.82, 2.24) is 9.55 Å². The standard InChI is InChI=1S/C24H20N2O6/c1-26-20-11-17(32-18-7-9-21-22(12-18)31-14-30-21)6-8-19(20)25-23(26)13-29-16-5-3-4-15(10-16)24(27)28-2/h3-12H,13-14H2,1-2H3. The summed E-state index contributed by atoms with van der Waals surface area (Å²) in [5, 5.41) is 0. The molecule has 162 valence electrons. The summed E-state index contributed by atoms with van der Waals surface area (Å²) < 4.78 is 29.3. The van der Waals surface area contributed by atoms with E-state index in [9.17, 15) is 4.79 Å². The van der Waals surface area contributed by atoms with Gasteiger partial charge in [0.05, 0.1) is 23.7 Å². The molecule has 8 heteroatoms. The molecule has 0 unspecified atom stereocenters. The Balaban J connectivity index is 1.33. The zero-order chi connectivity index (χ0) is 22.1. The van der Waals surface area contributed by atoms with Crippen molar-refractivity contribution in [2.24, 2.45) is 7.05 Å². The van der Waals surface area contributed by atoms with E-state index in [4.69, 9.17) is 23.7 Å². The minimum Gasteiger partial charge on any atom is -0.486 e. The topological polar surface area (TPSA) is 81.0 Å². The molecule has 0 amide bonds. The molecule has 0 atom stereocenters. The van der Waals surface area contributed by atoms with Crippen molar-refractivity contribution in [3.8, 4) is 28.7 Å². The van der Waals surface area contributed by atoms with Crippen LogP contribution in [0.3, 0.4) is 0 Å². The SMILES string of the molecule is COC(=O)c1cccc(OCc2nc3ccc(Oc4ccc5c(c4)OCO5)cc3n2C)c1. The molecule has 0 saturated heterocycles. The molecule has 1 aliphatic rings. The van der Waals surface area contributed by atoms with Gasteiger partial charge in [0.15, 0.2) is 11.5 Å². The maximum atomic E-state index is 11.7. The lowest BCUT2D eigenvalue weighted by atomic mass is 10.2. The number of carbonyl (C=O) groups excluding carboxylic acids is 1. The van der Waals surface area contributed by atoms with Gasteiger partial charge >= 0.3 is 5.97 Å². The number of hydrogen-bond donors (Lipinski definition) is 0. The Bertz CT molecular complexity index is 1310. The minimum absolute atomic E-state index is 0.220. The number of aryl methyl sites for hydroxylation is 1. The van der Waals surface area contributed by atoms with Crippen molar-refractivity contribution >= 4 is 17.0 Å². The highest BCUT2D eigenvalue weighted by Gasteiger charge is 2.15. The van der Waals surface area contributed by atoms with Crippen LogP contribution in [-0.2, 0) is 18.4 Å². The first-order chi connectivity index (χ1) is 15.6. The van der Waals surface area contributed by atoms with E-state index >= 15 is 0 Å². The highest BCUT2D eigenvalue weighted by atomic mass is 16.7. The van der Waals surface area contributed by atoms with E-state index in [1.807, 2.05) is 41.9 Å². The van der Waals surface area contributed by atoms with Crippen molar-refractivity contribution in [1.29, 1.82) is 0 Å². The summed E-state index contributed by atoms with van der Waals surface area (Å²) in [6.45, 7) is 0.464. The van der Waals surface area contributed by atoms with Crippen LogP contribution in [0.15, 0.2) is 60.7 Å². The van der Waals surface area contributed by atoms with Crippen molar-refractivity contribution in [3.63, 3.8) is 0 Å². The predicted molar refractivity (Wildman–Crippen MR) is 115 cm³/mol. The normalized spacial score (nSPS) is 12.1. The molecule has 0 radical (unpaired) electrons. The molecule has 0 fully saturated rings. The zero-order valence-corrected chi connectivity index (χ0v) is 17.5. The van der Waals surface area contributed by atoms with Gasteiger partial charge < -0.3 is 28.3 Å². The molecule has 8 nitrogen and oxygen atoms in total. The molecule has 0 saturated carbocycles. The fourth-order valence-electron chi connectivity index (χ4n) is 3.47. The number of rotatable bonds is 6. The van der Waals surface area contributed by atoms with E-state index in [0.29, 0.717) is 34.3 Å². The van der Waals surface area contributed by atoms with Gasteiger partial charge in [-0.1, -0.05) is 6.07 Å². The number of nitrogens with zero attached hydrogens (tertiary/aromatic N) is 2. The van der Waals surface area contributed by atoms with Crippen molar-refractivity contribution < 1.29 is 28.5 Å². The highest BCUT2D eigenvalue weighted by molar-refractivity contribution is 5.89. The predicted octanol–water partition coefficient (Wildman–Crippen LogP) is 4.46. The highest BCUT2D eigenvalue weighted by Crippen LogP contribution is 2.37. The lowest BCUT2D eigenvalue weighted by Gasteiger charge is -2.08. The van der Waals surface area contributed by atoms with Gasteiger partial charge in [-0.05, 0) is 42.5 Å². The first-order valence-corrected chi connectivity index (χ1v) is 9.95. The molecule has 4 aromatic rings. The number of ether oxygens (including phenoxy) is 5. The van der Waals surface area contributed by atoms with Crippen LogP contribution in [0.25, 0.3) is 11.0 Å². The average Bonchev–Trinajstić information content (AvgIpc) is 3.41. The average molecular weight is 432 g/mol. The van der Waals surface area contributed by atoms with E-state index in [2.05, 4.69) is 4.98 Å². The third-order valence-corrected chi connectivity index (χ3v) is 5.15. The number of aromatic nitrogens is 2. The quantitative estimate of drug-likeness (QED) is 0.416. The number of imidazole rings is 1. The maximum Gasteiger partial charge on any atom is 0.337 e. The molecule has 1 aliphatic heterocycles. The Kier molecular flexibility index (Phi) is 5.03. The molecule has 0 spiro atoms. The van der Waals surface area contributed by atoms with Gasteiger partial charge in [0.1, 0.15) is 29.7 Å². The second-order valence-electron chi connectivity index (χ2n) is 7.16. The number of carbonyl (C=O) groups is 1.